The highest BCUT2D eigenvalue weighted by atomic mass is 79.9. The van der Waals surface area contributed by atoms with Gasteiger partial charge in [0.25, 0.3) is 0 Å². The predicted molar refractivity (Wildman–Crippen MR) is 128 cm³/mol. The summed E-state index contributed by atoms with van der Waals surface area (Å²) in [5.41, 5.74) is 4.53. The van der Waals surface area contributed by atoms with Gasteiger partial charge in [0.1, 0.15) is 0 Å². The molecule has 3 rings (SSSR count). The molecule has 0 aliphatic rings. The van der Waals surface area contributed by atoms with Crippen molar-refractivity contribution in [1.82, 2.24) is 0 Å². The average Bonchev–Trinajstić information content (AvgIpc) is 2.63. The standard InChI is InChI=1S/C22H14Br4/c23-19-7-3-1-5-15(19)9-11-17-13-22(26)18(14-21(17)25)12-10-16-6-2-4-8-20(16)24/h1-14H/b11-9-,12-10-. The molecular formula is C22H14Br4. The molecule has 0 amide bonds. The second-order valence-electron chi connectivity index (χ2n) is 5.60. The predicted octanol–water partition coefficient (Wildman–Crippen LogP) is 9.08. The molecule has 0 atom stereocenters. The smallest absolute Gasteiger partial charge is 0.0254 e. The van der Waals surface area contributed by atoms with Gasteiger partial charge in [-0.2, -0.15) is 0 Å². The molecule has 0 aliphatic heterocycles. The highest BCUT2D eigenvalue weighted by Gasteiger charge is 2.04. The van der Waals surface area contributed by atoms with Gasteiger partial charge >= 0.3 is 0 Å². The molecule has 0 fully saturated rings. The van der Waals surface area contributed by atoms with E-state index in [2.05, 4.69) is 112 Å². The van der Waals surface area contributed by atoms with Crippen LogP contribution in [0.15, 0.2) is 78.6 Å². The minimum absolute atomic E-state index is 1.05. The van der Waals surface area contributed by atoms with Gasteiger partial charge in [-0.05, 0) is 46.5 Å². The van der Waals surface area contributed by atoms with Crippen LogP contribution in [-0.2, 0) is 0 Å². The monoisotopic (exact) mass is 594 g/mol. The Morgan fingerprint density at radius 3 is 1.15 bits per heavy atom. The summed E-state index contributed by atoms with van der Waals surface area (Å²) < 4.78 is 4.27. The SMILES string of the molecule is Brc1ccccc1/C=C\c1cc(Br)c(/C=C\c2ccccc2Br)cc1Br. The third-order valence-electron chi connectivity index (χ3n) is 3.81. The molecule has 0 N–H and O–H groups in total. The molecule has 26 heavy (non-hydrogen) atoms. The largest absolute Gasteiger partial charge is 0.0616 e. The Morgan fingerprint density at radius 2 is 0.769 bits per heavy atom. The number of hydrogen-bond acceptors (Lipinski definition) is 0. The van der Waals surface area contributed by atoms with E-state index in [4.69, 9.17) is 0 Å². The fourth-order valence-electron chi connectivity index (χ4n) is 2.41. The summed E-state index contributed by atoms with van der Waals surface area (Å²) in [5, 5.41) is 0. The minimum atomic E-state index is 1.05. The maximum Gasteiger partial charge on any atom is 0.0254 e. The Kier molecular flexibility index (Phi) is 7.10. The first-order valence-electron chi connectivity index (χ1n) is 7.89. The van der Waals surface area contributed by atoms with E-state index in [1.165, 1.54) is 0 Å². The van der Waals surface area contributed by atoms with Crippen LogP contribution in [-0.4, -0.2) is 0 Å². The Labute approximate surface area is 187 Å². The molecule has 0 unspecified atom stereocenters. The van der Waals surface area contributed by atoms with Crippen LogP contribution in [0, 0.1) is 0 Å². The van der Waals surface area contributed by atoms with Crippen LogP contribution in [0.5, 0.6) is 0 Å². The van der Waals surface area contributed by atoms with E-state index in [1.807, 2.05) is 36.4 Å². The molecule has 3 aromatic rings. The molecule has 0 heterocycles. The van der Waals surface area contributed by atoms with Gasteiger partial charge in [0.15, 0.2) is 0 Å². The topological polar surface area (TPSA) is 0 Å². The van der Waals surface area contributed by atoms with Gasteiger partial charge in [-0.25, -0.2) is 0 Å². The first-order chi connectivity index (χ1) is 12.5. The van der Waals surface area contributed by atoms with Crippen molar-refractivity contribution in [2.75, 3.05) is 0 Å². The fraction of sp³-hybridized carbons (Fsp3) is 0. The summed E-state index contributed by atoms with van der Waals surface area (Å²) in [7, 11) is 0. The van der Waals surface area contributed by atoms with E-state index in [0.29, 0.717) is 0 Å². The van der Waals surface area contributed by atoms with Crippen LogP contribution < -0.4 is 0 Å². The van der Waals surface area contributed by atoms with Crippen LogP contribution in [0.3, 0.4) is 0 Å². The van der Waals surface area contributed by atoms with Crippen LogP contribution in [0.2, 0.25) is 0 Å². The molecule has 0 aromatic heterocycles. The highest BCUT2D eigenvalue weighted by molar-refractivity contribution is 9.11. The Bertz CT molecular complexity index is 906. The average molecular weight is 598 g/mol. The zero-order valence-electron chi connectivity index (χ0n) is 13.6. The van der Waals surface area contributed by atoms with Gasteiger partial charge in [0, 0.05) is 17.9 Å². The van der Waals surface area contributed by atoms with E-state index in [0.717, 1.165) is 40.1 Å². The molecular weight excluding hydrogens is 584 g/mol. The van der Waals surface area contributed by atoms with Crippen molar-refractivity contribution in [3.8, 4) is 0 Å². The summed E-state index contributed by atoms with van der Waals surface area (Å²) >= 11 is 14.5. The second kappa shape index (κ2) is 9.32. The molecule has 130 valence electrons. The fourth-order valence-corrected chi connectivity index (χ4v) is 4.23. The molecule has 0 aliphatic carbocycles. The molecule has 0 bridgehead atoms. The lowest BCUT2D eigenvalue weighted by atomic mass is 10.1. The lowest BCUT2D eigenvalue weighted by molar-refractivity contribution is 1.52. The lowest BCUT2D eigenvalue weighted by Gasteiger charge is -2.06. The van der Waals surface area contributed by atoms with Crippen LogP contribution in [0.1, 0.15) is 22.3 Å². The lowest BCUT2D eigenvalue weighted by Crippen LogP contribution is -1.83. The quantitative estimate of drug-likeness (QED) is 0.263. The van der Waals surface area contributed by atoms with Crippen molar-refractivity contribution in [1.29, 1.82) is 0 Å². The highest BCUT2D eigenvalue weighted by Crippen LogP contribution is 2.30. The van der Waals surface area contributed by atoms with Crippen molar-refractivity contribution in [2.24, 2.45) is 0 Å². The maximum atomic E-state index is 3.69. The van der Waals surface area contributed by atoms with Crippen molar-refractivity contribution in [3.05, 3.63) is 101 Å². The summed E-state index contributed by atoms with van der Waals surface area (Å²) in [6.45, 7) is 0. The first kappa shape index (κ1) is 19.8. The van der Waals surface area contributed by atoms with Crippen LogP contribution in [0.25, 0.3) is 24.3 Å². The van der Waals surface area contributed by atoms with Crippen molar-refractivity contribution in [3.63, 3.8) is 0 Å². The summed E-state index contributed by atoms with van der Waals surface area (Å²) in [6, 6.07) is 20.6. The van der Waals surface area contributed by atoms with E-state index in [1.54, 1.807) is 0 Å². The van der Waals surface area contributed by atoms with Crippen LogP contribution >= 0.6 is 63.7 Å². The molecule has 0 saturated heterocycles. The molecule has 4 heteroatoms. The second-order valence-corrected chi connectivity index (χ2v) is 9.02. The van der Waals surface area contributed by atoms with Crippen LogP contribution in [0.4, 0.5) is 0 Å². The van der Waals surface area contributed by atoms with E-state index < -0.39 is 0 Å². The third kappa shape index (κ3) is 5.07. The molecule has 3 aromatic carbocycles. The summed E-state index contributed by atoms with van der Waals surface area (Å²) in [6.07, 6.45) is 8.42. The van der Waals surface area contributed by atoms with Crippen molar-refractivity contribution >= 4 is 88.0 Å². The van der Waals surface area contributed by atoms with Crippen molar-refractivity contribution in [2.45, 2.75) is 0 Å². The number of halogens is 4. The van der Waals surface area contributed by atoms with E-state index in [-0.39, 0.29) is 0 Å². The van der Waals surface area contributed by atoms with Gasteiger partial charge in [-0.15, -0.1) is 0 Å². The Balaban J connectivity index is 1.87. The number of rotatable bonds is 4. The molecule has 0 saturated carbocycles. The van der Waals surface area contributed by atoms with Gasteiger partial charge in [0.05, 0.1) is 0 Å². The Morgan fingerprint density at radius 1 is 0.423 bits per heavy atom. The summed E-state index contributed by atoms with van der Waals surface area (Å²) in [5.74, 6) is 0. The van der Waals surface area contributed by atoms with Crippen molar-refractivity contribution < 1.29 is 0 Å². The zero-order valence-corrected chi connectivity index (χ0v) is 19.9. The van der Waals surface area contributed by atoms with Gasteiger partial charge in [-0.3, -0.25) is 0 Å². The van der Waals surface area contributed by atoms with Gasteiger partial charge in [0.2, 0.25) is 0 Å². The minimum Gasteiger partial charge on any atom is -0.0616 e. The first-order valence-corrected chi connectivity index (χ1v) is 11.1. The zero-order chi connectivity index (χ0) is 18.5. The molecule has 0 nitrogen and oxygen atoms in total. The van der Waals surface area contributed by atoms with Gasteiger partial charge in [-0.1, -0.05) is 124 Å². The normalized spacial score (nSPS) is 11.5. The third-order valence-corrected chi connectivity index (χ3v) is 6.63. The molecule has 0 radical (unpaired) electrons. The Hall–Kier alpha value is -0.940. The summed E-state index contributed by atoms with van der Waals surface area (Å²) in [4.78, 5) is 0. The van der Waals surface area contributed by atoms with Gasteiger partial charge < -0.3 is 0 Å². The maximum absolute atomic E-state index is 3.69. The number of benzene rings is 3. The van der Waals surface area contributed by atoms with E-state index in [9.17, 15) is 0 Å². The molecule has 0 spiro atoms. The van der Waals surface area contributed by atoms with E-state index >= 15 is 0 Å². The number of hydrogen-bond donors (Lipinski definition) is 0.